The van der Waals surface area contributed by atoms with E-state index in [4.69, 9.17) is 9.16 Å². The van der Waals surface area contributed by atoms with Gasteiger partial charge in [0.15, 0.2) is 0 Å². The maximum absolute atomic E-state index is 12.0. The highest BCUT2D eigenvalue weighted by Gasteiger charge is 2.50. The topological polar surface area (TPSA) is 124 Å². The fourth-order valence-corrected chi connectivity index (χ4v) is 10.8. The second kappa shape index (κ2) is 13.5. The molecule has 2 aromatic carbocycles. The molecule has 11 heteroatoms. The predicted octanol–water partition coefficient (Wildman–Crippen LogP) is 6.08. The van der Waals surface area contributed by atoms with Crippen LogP contribution in [0, 0.1) is 16.0 Å². The van der Waals surface area contributed by atoms with Gasteiger partial charge in [0.1, 0.15) is 11.9 Å². The van der Waals surface area contributed by atoms with Crippen LogP contribution in [0.25, 0.3) is 0 Å². The molecule has 0 saturated heterocycles. The Labute approximate surface area is 259 Å². The van der Waals surface area contributed by atoms with E-state index in [-0.39, 0.29) is 34.5 Å². The average Bonchev–Trinajstić information content (AvgIpc) is 3.03. The fraction of sp³-hybridized carbons (Fsp3) is 0.364. The molecule has 2 atom stereocenters. The fourth-order valence-electron chi connectivity index (χ4n) is 6.21. The van der Waals surface area contributed by atoms with Crippen LogP contribution in [-0.4, -0.2) is 48.0 Å². The molecule has 10 nitrogen and oxygen atoms in total. The molecule has 2 heterocycles. The van der Waals surface area contributed by atoms with Crippen LogP contribution < -0.4 is 25.7 Å². The van der Waals surface area contributed by atoms with Crippen molar-refractivity contribution in [1.82, 2.24) is 15.0 Å². The van der Waals surface area contributed by atoms with Gasteiger partial charge in [-0.3, -0.25) is 10.1 Å². The Morgan fingerprint density at radius 3 is 2.23 bits per heavy atom. The number of anilines is 3. The molecule has 0 unspecified atom stereocenters. The molecule has 0 amide bonds. The third-order valence-corrected chi connectivity index (χ3v) is 13.3. The number of rotatable bonds is 11. The summed E-state index contributed by atoms with van der Waals surface area (Å²) in [4.78, 5) is 24.5. The number of pyridine rings is 1. The number of methoxy groups -OCH3 is 1. The van der Waals surface area contributed by atoms with Crippen molar-refractivity contribution in [3.8, 4) is 5.88 Å². The highest BCUT2D eigenvalue weighted by molar-refractivity contribution is 6.99. The number of hydrogen-bond donors (Lipinski definition) is 2. The monoisotopic (exact) mass is 612 g/mol. The molecule has 2 aromatic heterocycles. The Balaban J connectivity index is 1.44. The first-order chi connectivity index (χ1) is 21.2. The molecule has 44 heavy (non-hydrogen) atoms. The number of nitrogens with zero attached hydrogens (tertiary/aromatic N) is 4. The predicted molar refractivity (Wildman–Crippen MR) is 176 cm³/mol. The second-order valence-corrected chi connectivity index (χ2v) is 16.4. The molecular weight excluding hydrogens is 572 g/mol. The van der Waals surface area contributed by atoms with Crippen LogP contribution in [0.2, 0.25) is 5.04 Å². The van der Waals surface area contributed by atoms with Gasteiger partial charge in [-0.25, -0.2) is 9.97 Å². The van der Waals surface area contributed by atoms with Gasteiger partial charge in [-0.1, -0.05) is 94.3 Å². The zero-order valence-electron chi connectivity index (χ0n) is 25.7. The number of hydrogen-bond acceptors (Lipinski definition) is 9. The van der Waals surface area contributed by atoms with E-state index in [1.807, 2.05) is 12.1 Å². The molecule has 1 aliphatic carbocycles. The summed E-state index contributed by atoms with van der Waals surface area (Å²) in [5.74, 6) is 0.893. The first kappa shape index (κ1) is 31.1. The van der Waals surface area contributed by atoms with Crippen molar-refractivity contribution in [2.24, 2.45) is 5.92 Å². The molecule has 0 aliphatic heterocycles. The van der Waals surface area contributed by atoms with Crippen LogP contribution in [0.3, 0.4) is 0 Å². The summed E-state index contributed by atoms with van der Waals surface area (Å²) in [7, 11) is -1.21. The smallest absolute Gasteiger partial charge is 0.329 e. The third kappa shape index (κ3) is 6.58. The standard InChI is InChI=1S/C33H40N6O4Si/c1-33(2,3)44(25-15-7-5-8-16-25,26-17-9-6-10-18-26)43-23-24-14-11-12-19-27(24)36-30-29(39(40)41)22-35-32(38-30)37-28-20-13-21-34-31(28)42-4/h5-10,13,15-18,20-22,24,27H,11-12,14,19,23H2,1-4H3,(H2,35,36,37,38)/t24-,27-/m1/s1. The van der Waals surface area contributed by atoms with Crippen molar-refractivity contribution >= 4 is 41.8 Å². The lowest BCUT2D eigenvalue weighted by Crippen LogP contribution is -2.67. The first-order valence-electron chi connectivity index (χ1n) is 15.0. The van der Waals surface area contributed by atoms with Crippen molar-refractivity contribution in [3.63, 3.8) is 0 Å². The van der Waals surface area contributed by atoms with E-state index >= 15 is 0 Å². The molecule has 2 N–H and O–H groups in total. The number of benzene rings is 2. The van der Waals surface area contributed by atoms with E-state index in [1.54, 1.807) is 18.3 Å². The second-order valence-electron chi connectivity index (χ2n) is 12.1. The third-order valence-electron chi connectivity index (χ3n) is 8.34. The molecule has 4 aromatic rings. The molecule has 1 fully saturated rings. The molecule has 0 bridgehead atoms. The minimum Gasteiger partial charge on any atom is -0.480 e. The quantitative estimate of drug-likeness (QED) is 0.118. The van der Waals surface area contributed by atoms with Crippen LogP contribution in [0.5, 0.6) is 5.88 Å². The number of nitro groups is 1. The van der Waals surface area contributed by atoms with Crippen LogP contribution >= 0.6 is 0 Å². The Hall–Kier alpha value is -4.35. The van der Waals surface area contributed by atoms with E-state index in [0.717, 1.165) is 25.7 Å². The van der Waals surface area contributed by atoms with Crippen molar-refractivity contribution in [1.29, 1.82) is 0 Å². The normalized spacial score (nSPS) is 17.1. The van der Waals surface area contributed by atoms with Gasteiger partial charge in [0.25, 0.3) is 8.32 Å². The van der Waals surface area contributed by atoms with Crippen molar-refractivity contribution in [3.05, 3.63) is 95.3 Å². The van der Waals surface area contributed by atoms with Crippen LogP contribution in [-0.2, 0) is 4.43 Å². The highest BCUT2D eigenvalue weighted by Crippen LogP contribution is 2.38. The SMILES string of the molecule is COc1ncccc1Nc1ncc([N+](=O)[O-])c(N[C@@H]2CCCC[C@@H]2CO[Si](c2ccccc2)(c2ccccc2)C(C)(C)C)n1. The van der Waals surface area contributed by atoms with Gasteiger partial charge < -0.3 is 19.8 Å². The number of ether oxygens (including phenoxy) is 1. The molecule has 230 valence electrons. The van der Waals surface area contributed by atoms with E-state index < -0.39 is 13.2 Å². The lowest BCUT2D eigenvalue weighted by Gasteiger charge is -2.44. The van der Waals surface area contributed by atoms with E-state index in [1.165, 1.54) is 23.7 Å². The van der Waals surface area contributed by atoms with Gasteiger partial charge in [0, 0.05) is 24.8 Å². The first-order valence-corrected chi connectivity index (χ1v) is 16.9. The summed E-state index contributed by atoms with van der Waals surface area (Å²) in [6, 6.07) is 24.7. The molecule has 5 rings (SSSR count). The lowest BCUT2D eigenvalue weighted by atomic mass is 9.85. The number of nitrogens with one attached hydrogen (secondary N) is 2. The maximum Gasteiger partial charge on any atom is 0.329 e. The summed E-state index contributed by atoms with van der Waals surface area (Å²) in [6.45, 7) is 7.34. The van der Waals surface area contributed by atoms with Gasteiger partial charge in [0.2, 0.25) is 17.6 Å². The zero-order valence-corrected chi connectivity index (χ0v) is 26.7. The minimum atomic E-state index is -2.73. The molecule has 0 radical (unpaired) electrons. The number of aromatic nitrogens is 3. The van der Waals surface area contributed by atoms with Crippen LogP contribution in [0.1, 0.15) is 46.5 Å². The van der Waals surface area contributed by atoms with Gasteiger partial charge in [-0.05, 0) is 40.4 Å². The summed E-state index contributed by atoms with van der Waals surface area (Å²) in [5, 5.41) is 20.9. The summed E-state index contributed by atoms with van der Waals surface area (Å²) in [6.07, 6.45) is 6.75. The van der Waals surface area contributed by atoms with Crippen molar-refractivity contribution in [2.75, 3.05) is 24.4 Å². The Morgan fingerprint density at radius 2 is 1.61 bits per heavy atom. The van der Waals surface area contributed by atoms with Crippen molar-refractivity contribution in [2.45, 2.75) is 57.5 Å². The van der Waals surface area contributed by atoms with Crippen LogP contribution in [0.4, 0.5) is 23.1 Å². The zero-order chi connectivity index (χ0) is 31.2. The van der Waals surface area contributed by atoms with Gasteiger partial charge in [-0.2, -0.15) is 4.98 Å². The molecule has 1 saturated carbocycles. The Bertz CT molecular complexity index is 1510. The Kier molecular flexibility index (Phi) is 9.55. The minimum absolute atomic E-state index is 0.0589. The van der Waals surface area contributed by atoms with Gasteiger partial charge in [-0.15, -0.1) is 0 Å². The largest absolute Gasteiger partial charge is 0.480 e. The summed E-state index contributed by atoms with van der Waals surface area (Å²) in [5.41, 5.74) is 0.384. The summed E-state index contributed by atoms with van der Waals surface area (Å²) < 4.78 is 12.6. The van der Waals surface area contributed by atoms with E-state index in [9.17, 15) is 10.1 Å². The maximum atomic E-state index is 12.0. The van der Waals surface area contributed by atoms with E-state index in [2.05, 4.69) is 94.9 Å². The van der Waals surface area contributed by atoms with E-state index in [0.29, 0.717) is 18.2 Å². The molecule has 1 aliphatic rings. The summed E-state index contributed by atoms with van der Waals surface area (Å²) >= 11 is 0. The highest BCUT2D eigenvalue weighted by atomic mass is 28.4. The molecule has 0 spiro atoms. The Morgan fingerprint density at radius 1 is 0.955 bits per heavy atom. The van der Waals surface area contributed by atoms with Gasteiger partial charge >= 0.3 is 5.69 Å². The lowest BCUT2D eigenvalue weighted by molar-refractivity contribution is -0.384. The van der Waals surface area contributed by atoms with Gasteiger partial charge in [0.05, 0.1) is 12.0 Å². The van der Waals surface area contributed by atoms with Crippen LogP contribution in [0.15, 0.2) is 85.2 Å². The molecular formula is C33H40N6O4Si. The average molecular weight is 613 g/mol. The van der Waals surface area contributed by atoms with Crippen molar-refractivity contribution < 1.29 is 14.1 Å².